The van der Waals surface area contributed by atoms with Gasteiger partial charge in [-0.25, -0.2) is 4.98 Å². The predicted octanol–water partition coefficient (Wildman–Crippen LogP) is 14.3. The summed E-state index contributed by atoms with van der Waals surface area (Å²) in [7, 11) is 0. The second-order valence-corrected chi connectivity index (χ2v) is 13.8. The molecule has 0 spiro atoms. The normalized spacial score (nSPS) is 12.7. The van der Waals surface area contributed by atoms with Crippen LogP contribution in [0.1, 0.15) is 6.85 Å². The van der Waals surface area contributed by atoms with Gasteiger partial charge in [0.05, 0.1) is 28.1 Å². The van der Waals surface area contributed by atoms with E-state index < -0.39 is 6.04 Å². The average molecular weight is 702 g/mol. The SMILES string of the molecule is [2H]c1c([2H])c([2H])c(-c2nc3cccc(-c4ccc5c(c4)oc4cccc(N(c6ccc(-c7ccccc7)cc6)c6ccc(-c7ccccc7)cc6)c45)c3s2)c([2H])c1[2H]. The smallest absolute Gasteiger partial charge is 0.137 e. The van der Waals surface area contributed by atoms with E-state index >= 15 is 0 Å². The summed E-state index contributed by atoms with van der Waals surface area (Å²) >= 11 is 1.32. The third-order valence-corrected chi connectivity index (χ3v) is 10.7. The Hall–Kier alpha value is -6.75. The van der Waals surface area contributed by atoms with Crippen LogP contribution in [0.25, 0.3) is 76.1 Å². The van der Waals surface area contributed by atoms with Crippen LogP contribution in [0.3, 0.4) is 0 Å². The van der Waals surface area contributed by atoms with Gasteiger partial charge >= 0.3 is 0 Å². The summed E-state index contributed by atoms with van der Waals surface area (Å²) in [4.78, 5) is 7.04. The Labute approximate surface area is 318 Å². The molecule has 10 rings (SSSR count). The van der Waals surface area contributed by atoms with Crippen molar-refractivity contribution in [2.45, 2.75) is 0 Å². The van der Waals surface area contributed by atoms with E-state index in [1.165, 1.54) is 11.3 Å². The monoisotopic (exact) mass is 701 g/mol. The molecule has 250 valence electrons. The van der Waals surface area contributed by atoms with E-state index in [4.69, 9.17) is 16.3 Å². The maximum absolute atomic E-state index is 8.53. The molecule has 0 unspecified atom stereocenters. The van der Waals surface area contributed by atoms with E-state index in [2.05, 4.69) is 120 Å². The first-order chi connectivity index (χ1) is 28.3. The van der Waals surface area contributed by atoms with Crippen LogP contribution in [0.4, 0.5) is 17.1 Å². The Morgan fingerprint density at radius 1 is 0.509 bits per heavy atom. The highest BCUT2D eigenvalue weighted by Gasteiger charge is 2.21. The number of hydrogen-bond donors (Lipinski definition) is 0. The second kappa shape index (κ2) is 13.1. The molecule has 3 nitrogen and oxygen atoms in total. The molecule has 0 fully saturated rings. The predicted molar refractivity (Wildman–Crippen MR) is 223 cm³/mol. The molecular weight excluding hydrogens is 665 g/mol. The molecule has 10 aromatic rings. The van der Waals surface area contributed by atoms with Crippen molar-refractivity contribution in [3.8, 4) is 44.0 Å². The zero-order valence-electron chi connectivity index (χ0n) is 33.3. The van der Waals surface area contributed by atoms with Gasteiger partial charge in [-0.15, -0.1) is 11.3 Å². The van der Waals surface area contributed by atoms with Crippen molar-refractivity contribution in [1.82, 2.24) is 4.98 Å². The van der Waals surface area contributed by atoms with Crippen molar-refractivity contribution < 1.29 is 11.3 Å². The van der Waals surface area contributed by atoms with E-state index in [0.717, 1.165) is 77.1 Å². The molecule has 0 aliphatic carbocycles. The third-order valence-electron chi connectivity index (χ3n) is 9.62. The molecule has 8 aromatic carbocycles. The molecule has 0 aliphatic rings. The summed E-state index contributed by atoms with van der Waals surface area (Å²) in [5, 5.41) is 2.34. The highest BCUT2D eigenvalue weighted by molar-refractivity contribution is 7.22. The highest BCUT2D eigenvalue weighted by atomic mass is 32.1. The van der Waals surface area contributed by atoms with Gasteiger partial charge in [0, 0.05) is 27.9 Å². The standard InChI is InChI=1S/C49H32N2OS/c1-4-12-33(13-5-1)35-22-27-39(28-23-35)51(40-29-24-36(25-30-40)34-14-6-2-7-15-34)44-20-11-21-45-47(44)42-31-26-38(32-46(42)52-45)41-18-10-19-43-48(41)53-49(50-43)37-16-8-3-9-17-37/h1-32H/i3D,8D,9D,16D,17D. The van der Waals surface area contributed by atoms with Crippen LogP contribution >= 0.6 is 11.3 Å². The van der Waals surface area contributed by atoms with Gasteiger partial charge in [0.15, 0.2) is 0 Å². The van der Waals surface area contributed by atoms with E-state index in [1.54, 1.807) is 0 Å². The largest absolute Gasteiger partial charge is 0.456 e. The van der Waals surface area contributed by atoms with Gasteiger partial charge in [0.1, 0.15) is 16.2 Å². The van der Waals surface area contributed by atoms with Crippen molar-refractivity contribution in [3.05, 3.63) is 194 Å². The number of benzene rings is 8. The van der Waals surface area contributed by atoms with Gasteiger partial charge in [0.25, 0.3) is 0 Å². The fourth-order valence-electron chi connectivity index (χ4n) is 7.10. The fraction of sp³-hybridized carbons (Fsp3) is 0. The number of hydrogen-bond acceptors (Lipinski definition) is 4. The van der Waals surface area contributed by atoms with Crippen molar-refractivity contribution >= 4 is 60.6 Å². The topological polar surface area (TPSA) is 29.3 Å². The quantitative estimate of drug-likeness (QED) is 0.166. The second-order valence-electron chi connectivity index (χ2n) is 12.8. The number of rotatable bonds is 7. The first kappa shape index (κ1) is 26.1. The minimum atomic E-state index is -0.423. The Balaban J connectivity index is 1.10. The number of anilines is 3. The molecule has 0 atom stereocenters. The lowest BCUT2D eigenvalue weighted by molar-refractivity contribution is 0.669. The van der Waals surface area contributed by atoms with Crippen LogP contribution in [0, 0.1) is 0 Å². The lowest BCUT2D eigenvalue weighted by Crippen LogP contribution is -2.10. The van der Waals surface area contributed by atoms with E-state index in [-0.39, 0.29) is 29.7 Å². The zero-order valence-corrected chi connectivity index (χ0v) is 29.1. The van der Waals surface area contributed by atoms with Gasteiger partial charge in [-0.05, 0) is 82.4 Å². The number of aromatic nitrogens is 1. The fourth-order valence-corrected chi connectivity index (χ4v) is 8.15. The lowest BCUT2D eigenvalue weighted by atomic mass is 10.0. The number of fused-ring (bicyclic) bond motifs is 4. The number of nitrogens with zero attached hydrogens (tertiary/aromatic N) is 2. The highest BCUT2D eigenvalue weighted by Crippen LogP contribution is 2.45. The van der Waals surface area contributed by atoms with Crippen LogP contribution in [-0.2, 0) is 0 Å². The van der Waals surface area contributed by atoms with Gasteiger partial charge in [-0.3, -0.25) is 0 Å². The first-order valence-corrected chi connectivity index (χ1v) is 18.2. The molecule has 2 heterocycles. The molecule has 0 N–H and O–H groups in total. The summed E-state index contributed by atoms with van der Waals surface area (Å²) in [6.45, 7) is 0. The zero-order chi connectivity index (χ0) is 39.5. The molecule has 0 saturated carbocycles. The molecule has 0 bridgehead atoms. The summed E-state index contributed by atoms with van der Waals surface area (Å²) in [5.74, 6) is 0. The molecule has 0 saturated heterocycles. The van der Waals surface area contributed by atoms with Crippen molar-refractivity contribution in [1.29, 1.82) is 0 Å². The Morgan fingerprint density at radius 2 is 1.11 bits per heavy atom. The lowest BCUT2D eigenvalue weighted by Gasteiger charge is -2.26. The van der Waals surface area contributed by atoms with Crippen molar-refractivity contribution in [3.63, 3.8) is 0 Å². The molecule has 2 aromatic heterocycles. The van der Waals surface area contributed by atoms with E-state index in [1.807, 2.05) is 48.5 Å². The number of thiazole rings is 1. The van der Waals surface area contributed by atoms with Crippen LogP contribution < -0.4 is 4.90 Å². The summed E-state index contributed by atoms with van der Waals surface area (Å²) in [6, 6.07) is 54.6. The maximum atomic E-state index is 8.53. The molecule has 0 amide bonds. The maximum Gasteiger partial charge on any atom is 0.137 e. The van der Waals surface area contributed by atoms with Gasteiger partial charge in [-0.1, -0.05) is 139 Å². The van der Waals surface area contributed by atoms with Gasteiger partial charge < -0.3 is 9.32 Å². The van der Waals surface area contributed by atoms with Gasteiger partial charge in [0.2, 0.25) is 0 Å². The Bertz CT molecular complexity index is 3050. The van der Waals surface area contributed by atoms with Gasteiger partial charge in [-0.2, -0.15) is 0 Å². The summed E-state index contributed by atoms with van der Waals surface area (Å²) < 4.78 is 49.0. The minimum absolute atomic E-state index is 0.104. The number of furan rings is 1. The van der Waals surface area contributed by atoms with Crippen molar-refractivity contribution in [2.75, 3.05) is 4.90 Å². The minimum Gasteiger partial charge on any atom is -0.456 e. The average Bonchev–Trinajstić information content (AvgIpc) is 3.88. The molecule has 4 heteroatoms. The summed E-state index contributed by atoms with van der Waals surface area (Å²) in [5.41, 5.74) is 11.7. The third kappa shape index (κ3) is 5.66. The van der Waals surface area contributed by atoms with E-state index in [9.17, 15) is 0 Å². The van der Waals surface area contributed by atoms with Crippen LogP contribution in [0.15, 0.2) is 198 Å². The molecule has 0 aliphatic heterocycles. The van der Waals surface area contributed by atoms with Crippen molar-refractivity contribution in [2.24, 2.45) is 0 Å². The summed E-state index contributed by atoms with van der Waals surface area (Å²) in [6.07, 6.45) is 0. The first-order valence-electron chi connectivity index (χ1n) is 19.9. The Morgan fingerprint density at radius 3 is 1.77 bits per heavy atom. The Kier molecular flexibility index (Phi) is 6.45. The molecule has 0 radical (unpaired) electrons. The molecule has 53 heavy (non-hydrogen) atoms. The van der Waals surface area contributed by atoms with Crippen LogP contribution in [0.2, 0.25) is 0 Å². The van der Waals surface area contributed by atoms with E-state index in [0.29, 0.717) is 10.5 Å². The van der Waals surface area contributed by atoms with Crippen LogP contribution in [-0.4, -0.2) is 4.98 Å². The molecular formula is C49H32N2OS. The van der Waals surface area contributed by atoms with Crippen LogP contribution in [0.5, 0.6) is 0 Å².